The average molecular weight is 341 g/mol. The molecule has 1 atom stereocenters. The Hall–Kier alpha value is -2.63. The summed E-state index contributed by atoms with van der Waals surface area (Å²) in [6.07, 6.45) is 2.51. The SMILES string of the molecule is COc1cccc([C@H]2CCN(C(=O)c3cnc(C)nc3C)C2)c1OC. The van der Waals surface area contributed by atoms with E-state index in [9.17, 15) is 4.79 Å². The van der Waals surface area contributed by atoms with Gasteiger partial charge in [0.1, 0.15) is 5.82 Å². The van der Waals surface area contributed by atoms with Crippen LogP contribution in [0.2, 0.25) is 0 Å². The smallest absolute Gasteiger partial charge is 0.257 e. The Morgan fingerprint density at radius 2 is 2.04 bits per heavy atom. The van der Waals surface area contributed by atoms with E-state index in [1.807, 2.05) is 36.9 Å². The van der Waals surface area contributed by atoms with E-state index in [1.54, 1.807) is 20.4 Å². The van der Waals surface area contributed by atoms with Crippen LogP contribution in [0.1, 0.15) is 39.8 Å². The van der Waals surface area contributed by atoms with Crippen LogP contribution in [0.15, 0.2) is 24.4 Å². The maximum atomic E-state index is 12.8. The summed E-state index contributed by atoms with van der Waals surface area (Å²) in [5.74, 6) is 2.35. The van der Waals surface area contributed by atoms with Gasteiger partial charge in [0.25, 0.3) is 5.91 Å². The normalized spacial score (nSPS) is 16.8. The van der Waals surface area contributed by atoms with Crippen LogP contribution in [-0.4, -0.2) is 48.1 Å². The molecular weight excluding hydrogens is 318 g/mol. The number of aromatic nitrogens is 2. The molecule has 0 saturated carbocycles. The number of methoxy groups -OCH3 is 2. The van der Waals surface area contributed by atoms with Gasteiger partial charge in [-0.2, -0.15) is 0 Å². The van der Waals surface area contributed by atoms with Crippen LogP contribution in [-0.2, 0) is 0 Å². The molecule has 0 radical (unpaired) electrons. The molecule has 6 heteroatoms. The first kappa shape index (κ1) is 17.2. The number of carbonyl (C=O) groups is 1. The van der Waals surface area contributed by atoms with Crippen molar-refractivity contribution in [2.45, 2.75) is 26.2 Å². The van der Waals surface area contributed by atoms with Gasteiger partial charge in [-0.1, -0.05) is 12.1 Å². The third-order valence-corrected chi connectivity index (χ3v) is 4.68. The number of ether oxygens (including phenoxy) is 2. The first-order valence-electron chi connectivity index (χ1n) is 8.35. The lowest BCUT2D eigenvalue weighted by atomic mass is 9.97. The van der Waals surface area contributed by atoms with Crippen LogP contribution < -0.4 is 9.47 Å². The van der Waals surface area contributed by atoms with Crippen LogP contribution in [0.5, 0.6) is 11.5 Å². The number of likely N-dealkylation sites (tertiary alicyclic amines) is 1. The maximum absolute atomic E-state index is 12.8. The Balaban J connectivity index is 1.81. The van der Waals surface area contributed by atoms with Gasteiger partial charge in [0.05, 0.1) is 25.5 Å². The van der Waals surface area contributed by atoms with E-state index in [0.717, 1.165) is 23.4 Å². The number of benzene rings is 1. The van der Waals surface area contributed by atoms with Crippen molar-refractivity contribution >= 4 is 5.91 Å². The predicted octanol–water partition coefficient (Wildman–Crippen LogP) is 2.74. The second kappa shape index (κ2) is 7.09. The molecule has 0 unspecified atom stereocenters. The highest BCUT2D eigenvalue weighted by Crippen LogP contribution is 2.39. The number of nitrogens with zero attached hydrogens (tertiary/aromatic N) is 3. The van der Waals surface area contributed by atoms with E-state index in [4.69, 9.17) is 9.47 Å². The maximum Gasteiger partial charge on any atom is 0.257 e. The summed E-state index contributed by atoms with van der Waals surface area (Å²) < 4.78 is 10.9. The molecule has 132 valence electrons. The fourth-order valence-electron chi connectivity index (χ4n) is 3.40. The van der Waals surface area contributed by atoms with Crippen molar-refractivity contribution in [2.75, 3.05) is 27.3 Å². The monoisotopic (exact) mass is 341 g/mol. The van der Waals surface area contributed by atoms with E-state index >= 15 is 0 Å². The minimum absolute atomic E-state index is 0.0122. The van der Waals surface area contributed by atoms with E-state index in [-0.39, 0.29) is 11.8 Å². The molecule has 0 spiro atoms. The number of aryl methyl sites for hydroxylation is 2. The topological polar surface area (TPSA) is 64.5 Å². The standard InChI is InChI=1S/C19H23N3O3/c1-12-16(10-20-13(2)21-12)19(23)22-9-8-14(11-22)15-6-5-7-17(24-3)18(15)25-4/h5-7,10,14H,8-9,11H2,1-4H3/t14-/m0/s1. The Bertz CT molecular complexity index is 791. The quantitative estimate of drug-likeness (QED) is 0.855. The highest BCUT2D eigenvalue weighted by molar-refractivity contribution is 5.95. The number of hydrogen-bond donors (Lipinski definition) is 0. The van der Waals surface area contributed by atoms with Crippen LogP contribution >= 0.6 is 0 Å². The lowest BCUT2D eigenvalue weighted by Crippen LogP contribution is -2.29. The molecule has 2 aromatic rings. The van der Waals surface area contributed by atoms with E-state index < -0.39 is 0 Å². The average Bonchev–Trinajstić information content (AvgIpc) is 3.10. The predicted molar refractivity (Wildman–Crippen MR) is 94.3 cm³/mol. The van der Waals surface area contributed by atoms with Gasteiger partial charge in [-0.25, -0.2) is 9.97 Å². The second-order valence-corrected chi connectivity index (χ2v) is 6.24. The fourth-order valence-corrected chi connectivity index (χ4v) is 3.40. The lowest BCUT2D eigenvalue weighted by Gasteiger charge is -2.19. The van der Waals surface area contributed by atoms with E-state index in [0.29, 0.717) is 30.2 Å². The molecule has 25 heavy (non-hydrogen) atoms. The molecule has 1 saturated heterocycles. The van der Waals surface area contributed by atoms with Crippen molar-refractivity contribution in [3.05, 3.63) is 47.0 Å². The molecule has 1 fully saturated rings. The summed E-state index contributed by atoms with van der Waals surface area (Å²) in [5.41, 5.74) is 2.37. The molecule has 3 rings (SSSR count). The number of amides is 1. The van der Waals surface area contributed by atoms with Crippen molar-refractivity contribution in [3.63, 3.8) is 0 Å². The molecule has 1 aromatic carbocycles. The largest absolute Gasteiger partial charge is 0.493 e. The van der Waals surface area contributed by atoms with Crippen molar-refractivity contribution in [1.29, 1.82) is 0 Å². The van der Waals surface area contributed by atoms with Crippen LogP contribution in [0.25, 0.3) is 0 Å². The highest BCUT2D eigenvalue weighted by Gasteiger charge is 2.31. The lowest BCUT2D eigenvalue weighted by molar-refractivity contribution is 0.0789. The minimum atomic E-state index is -0.0122. The molecule has 1 aromatic heterocycles. The Morgan fingerprint density at radius 1 is 1.24 bits per heavy atom. The number of para-hydroxylation sites is 1. The zero-order chi connectivity index (χ0) is 18.0. The molecule has 1 aliphatic heterocycles. The van der Waals surface area contributed by atoms with Crippen molar-refractivity contribution in [3.8, 4) is 11.5 Å². The van der Waals surface area contributed by atoms with Gasteiger partial charge in [0, 0.05) is 30.8 Å². The third-order valence-electron chi connectivity index (χ3n) is 4.68. The molecule has 6 nitrogen and oxygen atoms in total. The summed E-state index contributed by atoms with van der Waals surface area (Å²) >= 11 is 0. The number of hydrogen-bond acceptors (Lipinski definition) is 5. The first-order chi connectivity index (χ1) is 12.0. The van der Waals surface area contributed by atoms with Gasteiger partial charge in [-0.3, -0.25) is 4.79 Å². The summed E-state index contributed by atoms with van der Waals surface area (Å²) in [5, 5.41) is 0. The Labute approximate surface area is 147 Å². The zero-order valence-electron chi connectivity index (χ0n) is 15.1. The number of carbonyl (C=O) groups excluding carboxylic acids is 1. The highest BCUT2D eigenvalue weighted by atomic mass is 16.5. The van der Waals surface area contributed by atoms with Gasteiger partial charge in [0.15, 0.2) is 11.5 Å². The minimum Gasteiger partial charge on any atom is -0.493 e. The van der Waals surface area contributed by atoms with Crippen LogP contribution in [0, 0.1) is 13.8 Å². The third kappa shape index (κ3) is 3.29. The Kier molecular flexibility index (Phi) is 4.88. The summed E-state index contributed by atoms with van der Waals surface area (Å²) in [7, 11) is 3.28. The van der Waals surface area contributed by atoms with Crippen molar-refractivity contribution in [2.24, 2.45) is 0 Å². The first-order valence-corrected chi connectivity index (χ1v) is 8.35. The van der Waals surface area contributed by atoms with Gasteiger partial charge < -0.3 is 14.4 Å². The summed E-state index contributed by atoms with van der Waals surface area (Å²) in [6, 6.07) is 5.88. The van der Waals surface area contributed by atoms with Gasteiger partial charge in [0.2, 0.25) is 0 Å². The molecule has 0 aliphatic carbocycles. The van der Waals surface area contributed by atoms with Crippen LogP contribution in [0.4, 0.5) is 0 Å². The molecule has 1 aliphatic rings. The molecular formula is C19H23N3O3. The zero-order valence-corrected chi connectivity index (χ0v) is 15.1. The Morgan fingerprint density at radius 3 is 2.72 bits per heavy atom. The summed E-state index contributed by atoms with van der Waals surface area (Å²) in [4.78, 5) is 23.2. The van der Waals surface area contributed by atoms with Gasteiger partial charge >= 0.3 is 0 Å². The number of rotatable bonds is 4. The van der Waals surface area contributed by atoms with Crippen molar-refractivity contribution in [1.82, 2.24) is 14.9 Å². The van der Waals surface area contributed by atoms with Gasteiger partial charge in [-0.15, -0.1) is 0 Å². The molecule has 0 N–H and O–H groups in total. The van der Waals surface area contributed by atoms with E-state index in [2.05, 4.69) is 9.97 Å². The fraction of sp³-hybridized carbons (Fsp3) is 0.421. The molecule has 1 amide bonds. The summed E-state index contributed by atoms with van der Waals surface area (Å²) in [6.45, 7) is 5.02. The molecule has 2 heterocycles. The van der Waals surface area contributed by atoms with Gasteiger partial charge in [-0.05, 0) is 26.3 Å². The van der Waals surface area contributed by atoms with E-state index in [1.165, 1.54) is 0 Å². The second-order valence-electron chi connectivity index (χ2n) is 6.24. The van der Waals surface area contributed by atoms with Crippen LogP contribution in [0.3, 0.4) is 0 Å². The molecule has 0 bridgehead atoms. The van der Waals surface area contributed by atoms with Crippen molar-refractivity contribution < 1.29 is 14.3 Å².